The van der Waals surface area contributed by atoms with Gasteiger partial charge < -0.3 is 21.3 Å². The van der Waals surface area contributed by atoms with E-state index in [1.54, 1.807) is 0 Å². The summed E-state index contributed by atoms with van der Waals surface area (Å²) in [6.45, 7) is 3.68. The summed E-state index contributed by atoms with van der Waals surface area (Å²) in [5.41, 5.74) is 0. The van der Waals surface area contributed by atoms with Gasteiger partial charge in [0.15, 0.2) is 0 Å². The summed E-state index contributed by atoms with van der Waals surface area (Å²) < 4.78 is 0. The average Bonchev–Trinajstić information content (AvgIpc) is 3.60. The van der Waals surface area contributed by atoms with Crippen molar-refractivity contribution in [1.29, 1.82) is 0 Å². The minimum absolute atomic E-state index is 0.0348. The Kier molecular flexibility index (Phi) is 8.15. The molecule has 35 heavy (non-hydrogen) atoms. The molecule has 0 aromatic rings. The first-order valence-corrected chi connectivity index (χ1v) is 14.3. The van der Waals surface area contributed by atoms with Gasteiger partial charge in [-0.05, 0) is 70.6 Å². The van der Waals surface area contributed by atoms with E-state index >= 15 is 0 Å². The van der Waals surface area contributed by atoms with Gasteiger partial charge in [0, 0.05) is 48.3 Å². The Morgan fingerprint density at radius 1 is 0.714 bits per heavy atom. The van der Waals surface area contributed by atoms with Crippen molar-refractivity contribution in [3.63, 3.8) is 0 Å². The number of aliphatic imine (C=N–C) groups is 2. The van der Waals surface area contributed by atoms with Crippen LogP contribution in [-0.4, -0.2) is 67.1 Å². The van der Waals surface area contributed by atoms with Gasteiger partial charge in [-0.25, -0.2) is 0 Å². The maximum absolute atomic E-state index is 13.2. The molecule has 5 rings (SSSR count). The molecule has 5 aliphatic rings. The highest BCUT2D eigenvalue weighted by Crippen LogP contribution is 2.35. The van der Waals surface area contributed by atoms with Crippen LogP contribution < -0.4 is 21.3 Å². The van der Waals surface area contributed by atoms with Gasteiger partial charge in [0.1, 0.15) is 0 Å². The number of alkyl halides is 1. The normalized spacial score (nSPS) is 37.5. The van der Waals surface area contributed by atoms with Crippen LogP contribution in [0.25, 0.3) is 0 Å². The number of carbonyl (C=O) groups excluding carboxylic acids is 2. The highest BCUT2D eigenvalue weighted by molar-refractivity contribution is 6.22. The standard InChI is InChI=1S/C26H41ClN6O2/c27-22-10-5-18(25(34)32-19-6-1-16(2-7-19)23-28-11-12-29-23)15-21(22)26(35)33-20-8-3-17(4-9-20)24-30-13-14-31-24/h16-22H,1-15H2,(H,28,29)(H,30,31)(H,32,34)(H,33,35). The van der Waals surface area contributed by atoms with Crippen LogP contribution in [0.4, 0.5) is 0 Å². The van der Waals surface area contributed by atoms with E-state index in [2.05, 4.69) is 31.3 Å². The number of carbonyl (C=O) groups is 2. The summed E-state index contributed by atoms with van der Waals surface area (Å²) in [7, 11) is 0. The molecule has 0 aromatic carbocycles. The molecule has 3 saturated carbocycles. The summed E-state index contributed by atoms with van der Waals surface area (Å²) in [5, 5.41) is 13.2. The first-order chi connectivity index (χ1) is 17.1. The van der Waals surface area contributed by atoms with E-state index in [4.69, 9.17) is 11.6 Å². The van der Waals surface area contributed by atoms with Crippen molar-refractivity contribution < 1.29 is 9.59 Å². The van der Waals surface area contributed by atoms with Crippen LogP contribution >= 0.6 is 11.6 Å². The molecule has 2 amide bonds. The van der Waals surface area contributed by atoms with Crippen LogP contribution in [0.15, 0.2) is 9.98 Å². The van der Waals surface area contributed by atoms with E-state index < -0.39 is 0 Å². The summed E-state index contributed by atoms with van der Waals surface area (Å²) in [6, 6.07) is 0.434. The zero-order valence-electron chi connectivity index (χ0n) is 20.7. The van der Waals surface area contributed by atoms with E-state index in [0.29, 0.717) is 24.7 Å². The van der Waals surface area contributed by atoms with Crippen LogP contribution in [0.3, 0.4) is 0 Å². The molecule has 0 spiro atoms. The van der Waals surface area contributed by atoms with Gasteiger partial charge in [0.05, 0.1) is 30.7 Å². The average molecular weight is 505 g/mol. The Morgan fingerprint density at radius 3 is 1.71 bits per heavy atom. The van der Waals surface area contributed by atoms with Crippen molar-refractivity contribution in [1.82, 2.24) is 21.3 Å². The third kappa shape index (κ3) is 6.12. The number of amides is 2. The molecule has 0 radical (unpaired) electrons. The number of hydrogen-bond acceptors (Lipinski definition) is 6. The number of amidine groups is 2. The van der Waals surface area contributed by atoms with Gasteiger partial charge in [-0.15, -0.1) is 11.6 Å². The molecular weight excluding hydrogens is 464 g/mol. The van der Waals surface area contributed by atoms with Crippen molar-refractivity contribution in [2.24, 2.45) is 33.7 Å². The van der Waals surface area contributed by atoms with Crippen LogP contribution in [-0.2, 0) is 9.59 Å². The van der Waals surface area contributed by atoms with Crippen LogP contribution in [0.2, 0.25) is 0 Å². The van der Waals surface area contributed by atoms with Gasteiger partial charge >= 0.3 is 0 Å². The Balaban J connectivity index is 1.06. The van der Waals surface area contributed by atoms with Gasteiger partial charge in [-0.2, -0.15) is 0 Å². The Morgan fingerprint density at radius 2 is 1.23 bits per heavy atom. The molecule has 2 aliphatic heterocycles. The van der Waals surface area contributed by atoms with E-state index in [1.165, 1.54) is 5.84 Å². The fourth-order valence-corrected chi connectivity index (χ4v) is 7.02. The van der Waals surface area contributed by atoms with Crippen molar-refractivity contribution in [2.45, 2.75) is 88.1 Å². The largest absolute Gasteiger partial charge is 0.372 e. The van der Waals surface area contributed by atoms with E-state index in [1.807, 2.05) is 0 Å². The topological polar surface area (TPSA) is 107 Å². The van der Waals surface area contributed by atoms with Gasteiger partial charge in [0.2, 0.25) is 11.8 Å². The molecule has 0 saturated heterocycles. The number of nitrogens with one attached hydrogen (secondary N) is 4. The fourth-order valence-electron chi connectivity index (χ4n) is 6.67. The SMILES string of the molecule is O=C(NC1CCC(C2=NCCN2)CC1)C1CCC(Cl)C(C(=O)NC2CCC(C3=NCCN3)CC2)C1. The molecule has 3 atom stereocenters. The molecule has 2 heterocycles. The number of rotatable bonds is 6. The molecule has 0 aromatic heterocycles. The van der Waals surface area contributed by atoms with Crippen molar-refractivity contribution in [3.8, 4) is 0 Å². The molecule has 9 heteroatoms. The lowest BCUT2D eigenvalue weighted by atomic mass is 9.79. The highest BCUT2D eigenvalue weighted by atomic mass is 35.5. The molecular formula is C26H41ClN6O2. The molecule has 0 bridgehead atoms. The first-order valence-electron chi connectivity index (χ1n) is 13.9. The van der Waals surface area contributed by atoms with Crippen LogP contribution in [0.5, 0.6) is 0 Å². The second-order valence-corrected chi connectivity index (χ2v) is 11.7. The van der Waals surface area contributed by atoms with Crippen molar-refractivity contribution >= 4 is 35.1 Å². The van der Waals surface area contributed by atoms with Crippen LogP contribution in [0, 0.1) is 23.7 Å². The predicted octanol–water partition coefficient (Wildman–Crippen LogP) is 2.36. The quantitative estimate of drug-likeness (QED) is 0.416. The minimum Gasteiger partial charge on any atom is -0.372 e. The number of halogens is 1. The fraction of sp³-hybridized carbons (Fsp3) is 0.846. The smallest absolute Gasteiger partial charge is 0.224 e. The Bertz CT molecular complexity index is 832. The summed E-state index contributed by atoms with van der Waals surface area (Å²) in [6.07, 6.45) is 10.2. The molecule has 8 nitrogen and oxygen atoms in total. The number of hydrogen-bond donors (Lipinski definition) is 4. The third-order valence-corrected chi connectivity index (χ3v) is 9.32. The van der Waals surface area contributed by atoms with Gasteiger partial charge in [-0.1, -0.05) is 0 Å². The Hall–Kier alpha value is -1.83. The minimum atomic E-state index is -0.290. The number of nitrogens with zero attached hydrogens (tertiary/aromatic N) is 2. The molecule has 194 valence electrons. The van der Waals surface area contributed by atoms with Crippen molar-refractivity contribution in [3.05, 3.63) is 0 Å². The van der Waals surface area contributed by atoms with E-state index in [-0.39, 0.29) is 41.1 Å². The lowest BCUT2D eigenvalue weighted by Gasteiger charge is -2.35. The molecule has 3 unspecified atom stereocenters. The highest BCUT2D eigenvalue weighted by Gasteiger charge is 2.39. The molecule has 4 N–H and O–H groups in total. The summed E-state index contributed by atoms with van der Waals surface area (Å²) in [4.78, 5) is 35.4. The first kappa shape index (κ1) is 24.8. The van der Waals surface area contributed by atoms with Crippen LogP contribution in [0.1, 0.15) is 70.6 Å². The van der Waals surface area contributed by atoms with E-state index in [9.17, 15) is 9.59 Å². The summed E-state index contributed by atoms with van der Waals surface area (Å²) >= 11 is 6.61. The second kappa shape index (κ2) is 11.5. The zero-order chi connectivity index (χ0) is 24.2. The second-order valence-electron chi connectivity index (χ2n) is 11.1. The third-order valence-electron chi connectivity index (χ3n) is 8.79. The summed E-state index contributed by atoms with van der Waals surface area (Å²) in [5.74, 6) is 3.08. The monoisotopic (exact) mass is 504 g/mol. The lowest BCUT2D eigenvalue weighted by molar-refractivity contribution is -0.131. The predicted molar refractivity (Wildman–Crippen MR) is 139 cm³/mol. The van der Waals surface area contributed by atoms with Gasteiger partial charge in [0.25, 0.3) is 0 Å². The van der Waals surface area contributed by atoms with Gasteiger partial charge in [-0.3, -0.25) is 19.6 Å². The lowest BCUT2D eigenvalue weighted by Crippen LogP contribution is -2.48. The maximum atomic E-state index is 13.2. The van der Waals surface area contributed by atoms with Crippen molar-refractivity contribution in [2.75, 3.05) is 26.2 Å². The van der Waals surface area contributed by atoms with E-state index in [0.717, 1.165) is 89.8 Å². The Labute approximate surface area is 213 Å². The molecule has 3 aliphatic carbocycles. The molecule has 3 fully saturated rings. The zero-order valence-corrected chi connectivity index (χ0v) is 21.5. The maximum Gasteiger partial charge on any atom is 0.224 e.